The molecule has 3 aromatic rings. The molecule has 1 heterocycles. The van der Waals surface area contributed by atoms with Crippen molar-refractivity contribution >= 4 is 50.2 Å². The number of amides is 1. The van der Waals surface area contributed by atoms with E-state index in [4.69, 9.17) is 11.6 Å². The van der Waals surface area contributed by atoms with Crippen LogP contribution >= 0.6 is 22.9 Å². The van der Waals surface area contributed by atoms with Crippen molar-refractivity contribution in [3.8, 4) is 0 Å². The summed E-state index contributed by atoms with van der Waals surface area (Å²) in [4.78, 5) is 12.8. The number of hydrogen-bond donors (Lipinski definition) is 2. The second-order valence-corrected chi connectivity index (χ2v) is 9.38. The average Bonchev–Trinajstić information content (AvgIpc) is 3.02. The number of nitrogens with one attached hydrogen (secondary N) is 2. The Morgan fingerprint density at radius 2 is 1.78 bits per heavy atom. The van der Waals surface area contributed by atoms with Gasteiger partial charge in [-0.15, -0.1) is 11.3 Å². The van der Waals surface area contributed by atoms with Gasteiger partial charge in [0.2, 0.25) is 0 Å². The van der Waals surface area contributed by atoms with E-state index in [0.29, 0.717) is 26.2 Å². The number of rotatable bonds is 5. The Bertz CT molecular complexity index is 1110. The average molecular weight is 421 g/mol. The van der Waals surface area contributed by atoms with Crippen molar-refractivity contribution in [2.24, 2.45) is 0 Å². The predicted molar refractivity (Wildman–Crippen MR) is 110 cm³/mol. The third-order valence-corrected chi connectivity index (χ3v) is 6.56. The minimum absolute atomic E-state index is 0.103. The van der Waals surface area contributed by atoms with E-state index in [9.17, 15) is 13.2 Å². The first-order chi connectivity index (χ1) is 12.7. The van der Waals surface area contributed by atoms with E-state index in [2.05, 4.69) is 10.0 Å². The van der Waals surface area contributed by atoms with Gasteiger partial charge >= 0.3 is 0 Å². The van der Waals surface area contributed by atoms with E-state index in [1.807, 2.05) is 13.0 Å². The Hall–Kier alpha value is -2.35. The number of carbonyl (C=O) groups is 1. The van der Waals surface area contributed by atoms with Crippen molar-refractivity contribution in [1.82, 2.24) is 0 Å². The van der Waals surface area contributed by atoms with Crippen LogP contribution in [0.1, 0.15) is 20.8 Å². The van der Waals surface area contributed by atoms with Crippen LogP contribution in [-0.4, -0.2) is 14.3 Å². The van der Waals surface area contributed by atoms with Gasteiger partial charge in [0.05, 0.1) is 14.1 Å². The van der Waals surface area contributed by atoms with Gasteiger partial charge in [0.25, 0.3) is 15.9 Å². The molecule has 0 aliphatic carbocycles. The molecule has 140 valence electrons. The third-order valence-electron chi connectivity index (χ3n) is 3.80. The van der Waals surface area contributed by atoms with Crippen LogP contribution in [-0.2, 0) is 10.0 Å². The van der Waals surface area contributed by atoms with Crippen molar-refractivity contribution in [1.29, 1.82) is 0 Å². The molecule has 0 atom stereocenters. The van der Waals surface area contributed by atoms with Gasteiger partial charge in [-0.1, -0.05) is 29.8 Å². The minimum Gasteiger partial charge on any atom is -0.321 e. The maximum atomic E-state index is 12.8. The Morgan fingerprint density at radius 1 is 1.00 bits per heavy atom. The molecule has 0 radical (unpaired) electrons. The highest BCUT2D eigenvalue weighted by Gasteiger charge is 2.19. The zero-order chi connectivity index (χ0) is 19.6. The number of anilines is 2. The molecule has 0 aliphatic heterocycles. The summed E-state index contributed by atoms with van der Waals surface area (Å²) in [5.74, 6) is -0.342. The maximum absolute atomic E-state index is 12.8. The van der Waals surface area contributed by atoms with Crippen LogP contribution in [0.5, 0.6) is 0 Å². The fraction of sp³-hybridized carbons (Fsp3) is 0.105. The largest absolute Gasteiger partial charge is 0.321 e. The van der Waals surface area contributed by atoms with Crippen LogP contribution in [0.25, 0.3) is 0 Å². The summed E-state index contributed by atoms with van der Waals surface area (Å²) in [6.07, 6.45) is 0. The van der Waals surface area contributed by atoms with Crippen molar-refractivity contribution in [3.63, 3.8) is 0 Å². The molecule has 1 amide bonds. The van der Waals surface area contributed by atoms with E-state index >= 15 is 0 Å². The number of halogens is 1. The molecule has 2 aromatic carbocycles. The molecule has 0 saturated carbocycles. The molecule has 3 rings (SSSR count). The summed E-state index contributed by atoms with van der Waals surface area (Å²) in [6, 6.07) is 15.1. The minimum atomic E-state index is -3.80. The van der Waals surface area contributed by atoms with Crippen LogP contribution in [0, 0.1) is 13.8 Å². The SMILES string of the molecule is Cc1cccc(NS(=O)(=O)c2cc(NC(=O)c3ccc(Cl)s3)ccc2C)c1. The van der Waals surface area contributed by atoms with Crippen LogP contribution in [0.4, 0.5) is 11.4 Å². The molecule has 0 saturated heterocycles. The lowest BCUT2D eigenvalue weighted by Gasteiger charge is -2.13. The van der Waals surface area contributed by atoms with Crippen molar-refractivity contribution in [2.45, 2.75) is 18.7 Å². The summed E-state index contributed by atoms with van der Waals surface area (Å²) < 4.78 is 28.7. The summed E-state index contributed by atoms with van der Waals surface area (Å²) in [5, 5.41) is 2.70. The van der Waals surface area contributed by atoms with E-state index in [1.54, 1.807) is 49.4 Å². The molecule has 2 N–H and O–H groups in total. The first-order valence-electron chi connectivity index (χ1n) is 8.01. The molecule has 0 fully saturated rings. The number of thiophene rings is 1. The predicted octanol–water partition coefficient (Wildman–Crippen LogP) is 5.07. The van der Waals surface area contributed by atoms with Gasteiger partial charge in [-0.05, 0) is 61.4 Å². The van der Waals surface area contributed by atoms with Gasteiger partial charge < -0.3 is 5.32 Å². The Kier molecular flexibility index (Phi) is 5.55. The van der Waals surface area contributed by atoms with E-state index in [1.165, 1.54) is 6.07 Å². The number of hydrogen-bond acceptors (Lipinski definition) is 4. The van der Waals surface area contributed by atoms with Gasteiger partial charge in [-0.2, -0.15) is 0 Å². The fourth-order valence-corrected chi connectivity index (χ4v) is 4.77. The highest BCUT2D eigenvalue weighted by atomic mass is 35.5. The summed E-state index contributed by atoms with van der Waals surface area (Å²) in [5.41, 5.74) is 2.40. The maximum Gasteiger partial charge on any atom is 0.265 e. The Balaban J connectivity index is 1.87. The summed E-state index contributed by atoms with van der Waals surface area (Å²) in [6.45, 7) is 3.59. The molecule has 8 heteroatoms. The molecular formula is C19H17ClN2O3S2. The monoisotopic (exact) mass is 420 g/mol. The number of carbonyl (C=O) groups excluding carboxylic acids is 1. The molecule has 0 spiro atoms. The second kappa shape index (κ2) is 7.72. The summed E-state index contributed by atoms with van der Waals surface area (Å²) in [7, 11) is -3.80. The number of sulfonamides is 1. The van der Waals surface area contributed by atoms with Gasteiger partial charge in [0, 0.05) is 11.4 Å². The van der Waals surface area contributed by atoms with Crippen molar-refractivity contribution in [2.75, 3.05) is 10.0 Å². The van der Waals surface area contributed by atoms with E-state index in [-0.39, 0.29) is 10.8 Å². The van der Waals surface area contributed by atoms with Gasteiger partial charge in [-0.3, -0.25) is 9.52 Å². The molecule has 0 unspecified atom stereocenters. The van der Waals surface area contributed by atoms with Crippen LogP contribution in [0.15, 0.2) is 59.5 Å². The normalized spacial score (nSPS) is 11.2. The second-order valence-electron chi connectivity index (χ2n) is 6.01. The zero-order valence-electron chi connectivity index (χ0n) is 14.6. The Labute approximate surface area is 167 Å². The highest BCUT2D eigenvalue weighted by molar-refractivity contribution is 7.92. The lowest BCUT2D eigenvalue weighted by Crippen LogP contribution is -2.16. The van der Waals surface area contributed by atoms with Crippen molar-refractivity contribution in [3.05, 3.63) is 74.9 Å². The molecule has 1 aromatic heterocycles. The number of aryl methyl sites for hydroxylation is 2. The first-order valence-corrected chi connectivity index (χ1v) is 10.7. The summed E-state index contributed by atoms with van der Waals surface area (Å²) >= 11 is 7.01. The standard InChI is InChI=1S/C19H17ClN2O3S2/c1-12-4-3-5-15(10-12)22-27(24,25)17-11-14(7-6-13(17)2)21-19(23)16-8-9-18(20)26-16/h3-11,22H,1-2H3,(H,21,23). The lowest BCUT2D eigenvalue weighted by molar-refractivity contribution is 0.103. The zero-order valence-corrected chi connectivity index (χ0v) is 17.0. The molecular weight excluding hydrogens is 404 g/mol. The molecule has 5 nitrogen and oxygen atoms in total. The quantitative estimate of drug-likeness (QED) is 0.604. The fourth-order valence-electron chi connectivity index (χ4n) is 2.52. The van der Waals surface area contributed by atoms with E-state index < -0.39 is 10.0 Å². The van der Waals surface area contributed by atoms with E-state index in [0.717, 1.165) is 16.9 Å². The smallest absolute Gasteiger partial charge is 0.265 e. The molecule has 27 heavy (non-hydrogen) atoms. The lowest BCUT2D eigenvalue weighted by atomic mass is 10.2. The highest BCUT2D eigenvalue weighted by Crippen LogP contribution is 2.25. The first kappa shape index (κ1) is 19.4. The van der Waals surface area contributed by atoms with Crippen LogP contribution in [0.3, 0.4) is 0 Å². The van der Waals surface area contributed by atoms with Crippen molar-refractivity contribution < 1.29 is 13.2 Å². The van der Waals surface area contributed by atoms with Gasteiger partial charge in [-0.25, -0.2) is 8.42 Å². The topological polar surface area (TPSA) is 75.3 Å². The van der Waals surface area contributed by atoms with Crippen LogP contribution < -0.4 is 10.0 Å². The third kappa shape index (κ3) is 4.68. The number of benzene rings is 2. The molecule has 0 aliphatic rings. The van der Waals surface area contributed by atoms with Crippen LogP contribution in [0.2, 0.25) is 4.34 Å². The van der Waals surface area contributed by atoms with Gasteiger partial charge in [0.1, 0.15) is 0 Å². The van der Waals surface area contributed by atoms with Gasteiger partial charge in [0.15, 0.2) is 0 Å². The Morgan fingerprint density at radius 3 is 2.44 bits per heavy atom. The molecule has 0 bridgehead atoms.